The third-order valence-corrected chi connectivity index (χ3v) is 3.38. The predicted molar refractivity (Wildman–Crippen MR) is 67.6 cm³/mol. The van der Waals surface area contributed by atoms with Gasteiger partial charge in [0.05, 0.1) is 6.61 Å². The molecule has 3 N–H and O–H groups in total. The van der Waals surface area contributed by atoms with Crippen molar-refractivity contribution in [2.45, 2.75) is 37.8 Å². The molecule has 1 aliphatic carbocycles. The zero-order chi connectivity index (χ0) is 11.8. The van der Waals surface area contributed by atoms with E-state index in [1.807, 2.05) is 0 Å². The Morgan fingerprint density at radius 2 is 1.94 bits per heavy atom. The first-order chi connectivity index (χ1) is 7.72. The summed E-state index contributed by atoms with van der Waals surface area (Å²) in [6, 6.07) is 1.14. The molecular formula is C12H27N3O. The molecule has 0 aromatic rings. The maximum atomic E-state index is 5.88. The monoisotopic (exact) mass is 229 g/mol. The second kappa shape index (κ2) is 8.01. The smallest absolute Gasteiger partial charge is 0.0589 e. The minimum Gasteiger partial charge on any atom is -0.383 e. The molecule has 0 heterocycles. The molecule has 1 aliphatic rings. The molecule has 0 aliphatic heterocycles. The zero-order valence-corrected chi connectivity index (χ0v) is 10.7. The Balaban J connectivity index is 1.98. The average Bonchev–Trinajstić information content (AvgIpc) is 2.29. The van der Waals surface area contributed by atoms with Gasteiger partial charge in [0, 0.05) is 38.8 Å². The molecule has 0 aromatic heterocycles. The molecule has 0 radical (unpaired) electrons. The van der Waals surface area contributed by atoms with Gasteiger partial charge in [-0.05, 0) is 32.7 Å². The molecule has 0 bridgehead atoms. The lowest BCUT2D eigenvalue weighted by atomic mass is 9.92. The van der Waals surface area contributed by atoms with Gasteiger partial charge in [0.2, 0.25) is 0 Å². The summed E-state index contributed by atoms with van der Waals surface area (Å²) < 4.78 is 5.04. The molecule has 1 fully saturated rings. The van der Waals surface area contributed by atoms with Gasteiger partial charge in [-0.1, -0.05) is 0 Å². The fraction of sp³-hybridized carbons (Fsp3) is 1.00. The Kier molecular flexibility index (Phi) is 6.96. The minimum absolute atomic E-state index is 0.447. The highest BCUT2D eigenvalue weighted by atomic mass is 16.5. The lowest BCUT2D eigenvalue weighted by molar-refractivity contribution is 0.160. The second-order valence-electron chi connectivity index (χ2n) is 4.86. The number of methoxy groups -OCH3 is 1. The van der Waals surface area contributed by atoms with Gasteiger partial charge < -0.3 is 20.7 Å². The van der Waals surface area contributed by atoms with Crippen LogP contribution in [0.2, 0.25) is 0 Å². The highest BCUT2D eigenvalue weighted by Gasteiger charge is 2.17. The first-order valence-electron chi connectivity index (χ1n) is 6.39. The number of nitrogens with one attached hydrogen (secondary N) is 1. The van der Waals surface area contributed by atoms with Crippen molar-refractivity contribution in [3.63, 3.8) is 0 Å². The molecule has 4 heteroatoms. The standard InChI is InChI=1S/C12H27N3O/c1-15(9-10-16-2)8-7-14-12-5-3-11(13)4-6-12/h11-12,14H,3-10,13H2,1-2H3. The third-order valence-electron chi connectivity index (χ3n) is 3.38. The third kappa shape index (κ3) is 5.80. The molecule has 1 saturated carbocycles. The van der Waals surface area contributed by atoms with Crippen LogP contribution in [-0.4, -0.2) is 57.4 Å². The van der Waals surface area contributed by atoms with Crippen molar-refractivity contribution in [3.05, 3.63) is 0 Å². The van der Waals surface area contributed by atoms with Crippen molar-refractivity contribution in [3.8, 4) is 0 Å². The Labute approximate surface area is 99.5 Å². The van der Waals surface area contributed by atoms with Crippen LogP contribution < -0.4 is 11.1 Å². The van der Waals surface area contributed by atoms with Gasteiger partial charge in [-0.3, -0.25) is 0 Å². The summed E-state index contributed by atoms with van der Waals surface area (Å²) in [6.45, 7) is 3.98. The van der Waals surface area contributed by atoms with Crippen LogP contribution in [0.3, 0.4) is 0 Å². The van der Waals surface area contributed by atoms with Gasteiger partial charge in [0.15, 0.2) is 0 Å². The van der Waals surface area contributed by atoms with Gasteiger partial charge in [0.25, 0.3) is 0 Å². The Bertz CT molecular complexity index is 170. The minimum atomic E-state index is 0.447. The summed E-state index contributed by atoms with van der Waals surface area (Å²) in [4.78, 5) is 2.30. The average molecular weight is 229 g/mol. The quantitative estimate of drug-likeness (QED) is 0.664. The topological polar surface area (TPSA) is 50.5 Å². The normalized spacial score (nSPS) is 26.2. The summed E-state index contributed by atoms with van der Waals surface area (Å²) in [5.41, 5.74) is 5.88. The van der Waals surface area contributed by atoms with Crippen LogP contribution in [0.1, 0.15) is 25.7 Å². The maximum Gasteiger partial charge on any atom is 0.0589 e. The van der Waals surface area contributed by atoms with Crippen molar-refractivity contribution in [2.75, 3.05) is 40.4 Å². The molecule has 0 unspecified atom stereocenters. The van der Waals surface area contributed by atoms with Crippen LogP contribution in [-0.2, 0) is 4.74 Å². The first kappa shape index (κ1) is 13.9. The summed E-state index contributed by atoms with van der Waals surface area (Å²) in [5, 5.41) is 3.61. The van der Waals surface area contributed by atoms with E-state index < -0.39 is 0 Å². The van der Waals surface area contributed by atoms with E-state index in [2.05, 4.69) is 17.3 Å². The van der Waals surface area contributed by atoms with Gasteiger partial charge in [0.1, 0.15) is 0 Å². The number of nitrogens with two attached hydrogens (primary N) is 1. The van der Waals surface area contributed by atoms with Crippen LogP contribution in [0.25, 0.3) is 0 Å². The number of ether oxygens (including phenoxy) is 1. The number of nitrogens with zero attached hydrogens (tertiary/aromatic N) is 1. The summed E-state index contributed by atoms with van der Waals surface area (Å²) >= 11 is 0. The van der Waals surface area contributed by atoms with E-state index in [1.165, 1.54) is 25.7 Å². The van der Waals surface area contributed by atoms with E-state index >= 15 is 0 Å². The molecule has 0 spiro atoms. The lowest BCUT2D eigenvalue weighted by Crippen LogP contribution is -2.40. The number of rotatable bonds is 7. The van der Waals surface area contributed by atoms with Crippen LogP contribution in [0.5, 0.6) is 0 Å². The molecule has 1 rings (SSSR count). The Morgan fingerprint density at radius 1 is 1.25 bits per heavy atom. The summed E-state index contributed by atoms with van der Waals surface area (Å²) in [5.74, 6) is 0. The van der Waals surface area contributed by atoms with Crippen molar-refractivity contribution >= 4 is 0 Å². The molecule has 0 aromatic carbocycles. The molecule has 16 heavy (non-hydrogen) atoms. The van der Waals surface area contributed by atoms with Crippen molar-refractivity contribution in [1.82, 2.24) is 10.2 Å². The molecule has 4 nitrogen and oxygen atoms in total. The zero-order valence-electron chi connectivity index (χ0n) is 10.7. The second-order valence-corrected chi connectivity index (χ2v) is 4.86. The fourth-order valence-corrected chi connectivity index (χ4v) is 2.14. The predicted octanol–water partition coefficient (Wildman–Crippen LogP) is 0.424. The summed E-state index contributed by atoms with van der Waals surface area (Å²) in [7, 11) is 3.88. The van der Waals surface area contributed by atoms with E-state index in [9.17, 15) is 0 Å². The van der Waals surface area contributed by atoms with Gasteiger partial charge in [-0.25, -0.2) is 0 Å². The number of likely N-dealkylation sites (N-methyl/N-ethyl adjacent to an activating group) is 1. The van der Waals surface area contributed by atoms with Crippen molar-refractivity contribution in [2.24, 2.45) is 5.73 Å². The Hall–Kier alpha value is -0.160. The maximum absolute atomic E-state index is 5.88. The van der Waals surface area contributed by atoms with Crippen molar-refractivity contribution in [1.29, 1.82) is 0 Å². The van der Waals surface area contributed by atoms with E-state index in [0.29, 0.717) is 12.1 Å². The number of hydrogen-bond acceptors (Lipinski definition) is 4. The van der Waals surface area contributed by atoms with Crippen LogP contribution in [0, 0.1) is 0 Å². The highest BCUT2D eigenvalue weighted by molar-refractivity contribution is 4.78. The molecular weight excluding hydrogens is 202 g/mol. The van der Waals surface area contributed by atoms with Crippen LogP contribution >= 0.6 is 0 Å². The van der Waals surface area contributed by atoms with E-state index in [4.69, 9.17) is 10.5 Å². The molecule has 0 saturated heterocycles. The summed E-state index contributed by atoms with van der Waals surface area (Å²) in [6.07, 6.45) is 4.83. The van der Waals surface area contributed by atoms with E-state index in [0.717, 1.165) is 26.2 Å². The van der Waals surface area contributed by atoms with Crippen LogP contribution in [0.4, 0.5) is 0 Å². The van der Waals surface area contributed by atoms with E-state index in [1.54, 1.807) is 7.11 Å². The molecule has 0 amide bonds. The van der Waals surface area contributed by atoms with Gasteiger partial charge in [-0.2, -0.15) is 0 Å². The van der Waals surface area contributed by atoms with Crippen molar-refractivity contribution < 1.29 is 4.74 Å². The Morgan fingerprint density at radius 3 is 2.56 bits per heavy atom. The largest absolute Gasteiger partial charge is 0.383 e. The lowest BCUT2D eigenvalue weighted by Gasteiger charge is -2.27. The SMILES string of the molecule is COCCN(C)CCNC1CCC(N)CC1. The first-order valence-corrected chi connectivity index (χ1v) is 6.39. The highest BCUT2D eigenvalue weighted by Crippen LogP contribution is 2.16. The number of hydrogen-bond donors (Lipinski definition) is 2. The fourth-order valence-electron chi connectivity index (χ4n) is 2.14. The molecule has 0 atom stereocenters. The van der Waals surface area contributed by atoms with Crippen LogP contribution in [0.15, 0.2) is 0 Å². The van der Waals surface area contributed by atoms with Gasteiger partial charge >= 0.3 is 0 Å². The van der Waals surface area contributed by atoms with E-state index in [-0.39, 0.29) is 0 Å². The van der Waals surface area contributed by atoms with Gasteiger partial charge in [-0.15, -0.1) is 0 Å². The molecule has 96 valence electrons.